The maximum Gasteiger partial charge on any atom is 0.337 e. The molecule has 26 heavy (non-hydrogen) atoms. The second-order valence-corrected chi connectivity index (χ2v) is 6.31. The number of carbonyl (C=O) groups is 3. The zero-order chi connectivity index (χ0) is 17.8. The second-order valence-electron chi connectivity index (χ2n) is 6.31. The molecular formula is C18H12N4O4. The number of aromatic amines is 1. The van der Waals surface area contributed by atoms with Crippen LogP contribution in [0.2, 0.25) is 0 Å². The van der Waals surface area contributed by atoms with E-state index in [1.165, 1.54) is 12.1 Å². The molecule has 0 unspecified atom stereocenters. The van der Waals surface area contributed by atoms with Gasteiger partial charge in [-0.1, -0.05) is 17.2 Å². The number of aromatic nitrogens is 3. The van der Waals surface area contributed by atoms with Crippen LogP contribution in [0.4, 0.5) is 0 Å². The predicted molar refractivity (Wildman–Crippen MR) is 87.8 cm³/mol. The van der Waals surface area contributed by atoms with Gasteiger partial charge >= 0.3 is 5.97 Å². The van der Waals surface area contributed by atoms with E-state index in [1.807, 2.05) is 6.07 Å². The molecule has 0 spiro atoms. The minimum Gasteiger partial charge on any atom is -0.340 e. The number of hydrogen-bond donors (Lipinski definition) is 1. The standard InChI is InChI=1S/C18H12N4O4/c23-16-9-4-1-2-5-10(9)17(24)22(16)26-18(25)12-8-11(12)14-20-13-6-3-7-19-15(13)21-14/h1-7,11-12H,8H2,(H,19,20,21)/t11-,12+/m0/s1. The molecule has 1 aromatic carbocycles. The third-order valence-corrected chi connectivity index (χ3v) is 4.66. The van der Waals surface area contributed by atoms with E-state index < -0.39 is 23.7 Å². The number of hydroxylamine groups is 2. The van der Waals surface area contributed by atoms with Gasteiger partial charge in [0, 0.05) is 12.1 Å². The van der Waals surface area contributed by atoms with Gasteiger partial charge in [0.05, 0.1) is 22.6 Å². The van der Waals surface area contributed by atoms with Gasteiger partial charge in [0.15, 0.2) is 5.65 Å². The molecule has 5 rings (SSSR count). The number of carbonyl (C=O) groups excluding carboxylic acids is 3. The van der Waals surface area contributed by atoms with Crippen LogP contribution >= 0.6 is 0 Å². The zero-order valence-corrected chi connectivity index (χ0v) is 13.4. The number of nitrogens with one attached hydrogen (secondary N) is 1. The van der Waals surface area contributed by atoms with E-state index >= 15 is 0 Å². The van der Waals surface area contributed by atoms with Crippen molar-refractivity contribution in [2.75, 3.05) is 0 Å². The van der Waals surface area contributed by atoms with Crippen LogP contribution in [0.25, 0.3) is 11.2 Å². The lowest BCUT2D eigenvalue weighted by Crippen LogP contribution is -2.33. The Balaban J connectivity index is 1.32. The van der Waals surface area contributed by atoms with E-state index in [9.17, 15) is 14.4 Å². The van der Waals surface area contributed by atoms with E-state index in [0.29, 0.717) is 23.0 Å². The van der Waals surface area contributed by atoms with Crippen LogP contribution in [-0.4, -0.2) is 37.8 Å². The summed E-state index contributed by atoms with van der Waals surface area (Å²) >= 11 is 0. The quantitative estimate of drug-likeness (QED) is 0.724. The Morgan fingerprint density at radius 3 is 2.54 bits per heavy atom. The van der Waals surface area contributed by atoms with E-state index in [-0.39, 0.29) is 17.0 Å². The molecule has 1 N–H and O–H groups in total. The molecule has 2 atom stereocenters. The average Bonchev–Trinajstić information content (AvgIpc) is 3.30. The number of amides is 2. The molecule has 2 amide bonds. The van der Waals surface area contributed by atoms with Gasteiger partial charge in [-0.05, 0) is 30.7 Å². The smallest absolute Gasteiger partial charge is 0.337 e. The Labute approximate surface area is 146 Å². The number of imide groups is 1. The van der Waals surface area contributed by atoms with Gasteiger partial charge in [0.2, 0.25) is 0 Å². The first kappa shape index (κ1) is 14.8. The summed E-state index contributed by atoms with van der Waals surface area (Å²) in [5.41, 5.74) is 1.85. The van der Waals surface area contributed by atoms with Crippen LogP contribution in [0.15, 0.2) is 42.6 Å². The maximum atomic E-state index is 12.4. The van der Waals surface area contributed by atoms with Gasteiger partial charge in [0.25, 0.3) is 11.8 Å². The van der Waals surface area contributed by atoms with Crippen LogP contribution in [-0.2, 0) is 9.63 Å². The normalized spacial score (nSPS) is 21.2. The largest absolute Gasteiger partial charge is 0.340 e. The Morgan fingerprint density at radius 2 is 1.85 bits per heavy atom. The lowest BCUT2D eigenvalue weighted by molar-refractivity contribution is -0.170. The highest BCUT2D eigenvalue weighted by molar-refractivity contribution is 6.20. The molecule has 2 aromatic heterocycles. The van der Waals surface area contributed by atoms with Gasteiger partial charge in [-0.2, -0.15) is 0 Å². The minimum absolute atomic E-state index is 0.133. The lowest BCUT2D eigenvalue weighted by Gasteiger charge is -2.12. The number of rotatable bonds is 3. The summed E-state index contributed by atoms with van der Waals surface area (Å²) in [6, 6.07) is 10.0. The molecule has 3 aromatic rings. The summed E-state index contributed by atoms with van der Waals surface area (Å²) in [7, 11) is 0. The number of pyridine rings is 1. The van der Waals surface area contributed by atoms with Gasteiger partial charge in [-0.15, -0.1) is 0 Å². The molecule has 1 saturated carbocycles. The Hall–Kier alpha value is -3.55. The third kappa shape index (κ3) is 2.12. The molecule has 8 nitrogen and oxygen atoms in total. The Bertz CT molecular complexity index is 1020. The third-order valence-electron chi connectivity index (χ3n) is 4.66. The molecule has 3 heterocycles. The molecular weight excluding hydrogens is 336 g/mol. The lowest BCUT2D eigenvalue weighted by atomic mass is 10.1. The van der Waals surface area contributed by atoms with Crippen molar-refractivity contribution in [3.8, 4) is 0 Å². The highest BCUT2D eigenvalue weighted by Crippen LogP contribution is 2.47. The molecule has 1 aliphatic heterocycles. The average molecular weight is 348 g/mol. The van der Waals surface area contributed by atoms with Crippen molar-refractivity contribution >= 4 is 28.9 Å². The van der Waals surface area contributed by atoms with Crippen LogP contribution in [0, 0.1) is 5.92 Å². The topological polar surface area (TPSA) is 105 Å². The van der Waals surface area contributed by atoms with Crippen molar-refractivity contribution in [2.24, 2.45) is 5.92 Å². The Kier molecular flexibility index (Phi) is 2.96. The number of hydrogen-bond acceptors (Lipinski definition) is 6. The molecule has 2 aliphatic rings. The number of fused-ring (bicyclic) bond motifs is 2. The minimum atomic E-state index is -0.621. The zero-order valence-electron chi connectivity index (χ0n) is 13.4. The van der Waals surface area contributed by atoms with Gasteiger partial charge in [0.1, 0.15) is 5.82 Å². The second kappa shape index (κ2) is 5.22. The van der Waals surface area contributed by atoms with Crippen molar-refractivity contribution in [1.29, 1.82) is 0 Å². The van der Waals surface area contributed by atoms with Crippen molar-refractivity contribution in [3.05, 3.63) is 59.5 Å². The summed E-state index contributed by atoms with van der Waals surface area (Å²) in [6.07, 6.45) is 2.19. The number of nitrogens with zero attached hydrogens (tertiary/aromatic N) is 3. The molecule has 1 fully saturated rings. The number of imidazole rings is 1. The van der Waals surface area contributed by atoms with Gasteiger partial charge in [-0.3, -0.25) is 9.59 Å². The van der Waals surface area contributed by atoms with Crippen molar-refractivity contribution in [1.82, 2.24) is 20.0 Å². The van der Waals surface area contributed by atoms with Crippen molar-refractivity contribution in [2.45, 2.75) is 12.3 Å². The highest BCUT2D eigenvalue weighted by atomic mass is 16.7. The first-order chi connectivity index (χ1) is 12.6. The highest BCUT2D eigenvalue weighted by Gasteiger charge is 2.50. The number of benzene rings is 1. The van der Waals surface area contributed by atoms with Crippen LogP contribution in [0.1, 0.15) is 38.9 Å². The first-order valence-corrected chi connectivity index (χ1v) is 8.14. The number of H-pyrrole nitrogens is 1. The summed E-state index contributed by atoms with van der Waals surface area (Å²) in [4.78, 5) is 53.7. The predicted octanol–water partition coefficient (Wildman–Crippen LogP) is 1.82. The van der Waals surface area contributed by atoms with Crippen molar-refractivity contribution < 1.29 is 19.2 Å². The summed E-state index contributed by atoms with van der Waals surface area (Å²) < 4.78 is 0. The summed E-state index contributed by atoms with van der Waals surface area (Å²) in [6.45, 7) is 0. The van der Waals surface area contributed by atoms with Crippen LogP contribution in [0.3, 0.4) is 0 Å². The molecule has 8 heteroatoms. The SMILES string of the molecule is O=C(ON1C(=O)c2ccccc2C1=O)[C@@H]1C[C@@H]1c1nc2ncccc2[nH]1. The maximum absolute atomic E-state index is 12.4. The fraction of sp³-hybridized carbons (Fsp3) is 0.167. The Morgan fingerprint density at radius 1 is 1.12 bits per heavy atom. The van der Waals surface area contributed by atoms with Crippen molar-refractivity contribution in [3.63, 3.8) is 0 Å². The fourth-order valence-corrected chi connectivity index (χ4v) is 3.20. The van der Waals surface area contributed by atoms with Gasteiger partial charge < -0.3 is 9.82 Å². The van der Waals surface area contributed by atoms with E-state index in [2.05, 4.69) is 15.0 Å². The molecule has 0 radical (unpaired) electrons. The van der Waals surface area contributed by atoms with Gasteiger partial charge in [-0.25, -0.2) is 14.8 Å². The summed E-state index contributed by atoms with van der Waals surface area (Å²) in [5.74, 6) is -1.78. The molecule has 1 aliphatic carbocycles. The molecule has 0 saturated heterocycles. The van der Waals surface area contributed by atoms with Crippen LogP contribution in [0.5, 0.6) is 0 Å². The van der Waals surface area contributed by atoms with E-state index in [4.69, 9.17) is 4.84 Å². The summed E-state index contributed by atoms with van der Waals surface area (Å²) in [5, 5.41) is 0.544. The van der Waals surface area contributed by atoms with Crippen LogP contribution < -0.4 is 0 Å². The monoisotopic (exact) mass is 348 g/mol. The van der Waals surface area contributed by atoms with E-state index in [1.54, 1.807) is 24.4 Å². The molecule has 0 bridgehead atoms. The first-order valence-electron chi connectivity index (χ1n) is 8.14. The molecule has 128 valence electrons. The fourth-order valence-electron chi connectivity index (χ4n) is 3.20. The van der Waals surface area contributed by atoms with E-state index in [0.717, 1.165) is 5.52 Å².